The Bertz CT molecular complexity index is 1120. The summed E-state index contributed by atoms with van der Waals surface area (Å²) in [6, 6.07) is 6.23. The first kappa shape index (κ1) is 24.0. The molecule has 0 N–H and O–H groups in total. The van der Waals surface area contributed by atoms with Gasteiger partial charge < -0.3 is 4.90 Å². The van der Waals surface area contributed by atoms with Gasteiger partial charge in [0.1, 0.15) is 5.01 Å². The molecule has 178 valence electrons. The van der Waals surface area contributed by atoms with E-state index in [1.807, 2.05) is 0 Å². The van der Waals surface area contributed by atoms with Crippen LogP contribution >= 0.6 is 11.3 Å². The fraction of sp³-hybridized carbons (Fsp3) is 0.522. The third-order valence-electron chi connectivity index (χ3n) is 6.28. The van der Waals surface area contributed by atoms with Crippen molar-refractivity contribution in [1.82, 2.24) is 19.1 Å². The van der Waals surface area contributed by atoms with Crippen LogP contribution in [0.5, 0.6) is 0 Å². The third-order valence-corrected chi connectivity index (χ3v) is 9.46. The van der Waals surface area contributed by atoms with E-state index in [4.69, 9.17) is 0 Å². The molecule has 2 aliphatic rings. The summed E-state index contributed by atoms with van der Waals surface area (Å²) in [6.45, 7) is 7.79. The Balaban J connectivity index is 1.34. The van der Waals surface area contributed by atoms with Crippen LogP contribution in [0, 0.1) is 0 Å². The molecule has 1 amide bonds. The largest absolute Gasteiger partial charge is 0.336 e. The molecular weight excluding hydrogens is 460 g/mol. The molecule has 1 aromatic heterocycles. The lowest BCUT2D eigenvalue weighted by Crippen LogP contribution is -2.48. The first-order valence-electron chi connectivity index (χ1n) is 11.5. The van der Waals surface area contributed by atoms with Crippen LogP contribution in [-0.2, 0) is 23.0 Å². The normalized spacial score (nSPS) is 17.4. The Morgan fingerprint density at radius 1 is 1.06 bits per heavy atom. The molecule has 10 heteroatoms. The number of nitrogens with zero attached hydrogens (tertiary/aromatic N) is 4. The maximum Gasteiger partial charge on any atom is 0.253 e. The summed E-state index contributed by atoms with van der Waals surface area (Å²) in [7, 11) is -3.53. The Kier molecular flexibility index (Phi) is 7.28. The Labute approximate surface area is 199 Å². The quantitative estimate of drug-likeness (QED) is 0.593. The Morgan fingerprint density at radius 3 is 2.33 bits per heavy atom. The van der Waals surface area contributed by atoms with Gasteiger partial charge in [-0.2, -0.15) is 4.31 Å². The van der Waals surface area contributed by atoms with Gasteiger partial charge in [0.15, 0.2) is 5.78 Å². The van der Waals surface area contributed by atoms with E-state index in [2.05, 4.69) is 9.88 Å². The second kappa shape index (κ2) is 10.0. The average Bonchev–Trinajstić information content (AvgIpc) is 3.24. The number of hydrogen-bond donors (Lipinski definition) is 0. The van der Waals surface area contributed by atoms with Gasteiger partial charge in [-0.15, -0.1) is 11.3 Å². The molecule has 0 bridgehead atoms. The van der Waals surface area contributed by atoms with Gasteiger partial charge in [-0.05, 0) is 37.1 Å². The molecule has 1 fully saturated rings. The van der Waals surface area contributed by atoms with Crippen molar-refractivity contribution in [2.45, 2.75) is 44.6 Å². The molecule has 33 heavy (non-hydrogen) atoms. The van der Waals surface area contributed by atoms with Gasteiger partial charge in [0.05, 0.1) is 22.0 Å². The van der Waals surface area contributed by atoms with E-state index in [0.717, 1.165) is 41.5 Å². The standard InChI is InChI=1S/C23H30N4O4S2/c1-3-27(4-2)33(30,31)18-10-8-17(9-11-18)23(29)26-14-12-25(13-15-26)16-21-24-19-6-5-7-20(28)22(19)32-21/h8-11H,3-7,12-16H2,1-2H3. The summed E-state index contributed by atoms with van der Waals surface area (Å²) in [4.78, 5) is 34.8. The van der Waals surface area contributed by atoms with Crippen molar-refractivity contribution in [2.24, 2.45) is 0 Å². The summed E-state index contributed by atoms with van der Waals surface area (Å²) < 4.78 is 26.7. The number of sulfonamides is 1. The van der Waals surface area contributed by atoms with E-state index >= 15 is 0 Å². The van der Waals surface area contributed by atoms with Crippen molar-refractivity contribution in [3.05, 3.63) is 45.4 Å². The minimum atomic E-state index is -3.53. The number of thiazole rings is 1. The molecule has 0 unspecified atom stereocenters. The first-order valence-corrected chi connectivity index (χ1v) is 13.7. The van der Waals surface area contributed by atoms with Crippen molar-refractivity contribution in [3.8, 4) is 0 Å². The van der Waals surface area contributed by atoms with E-state index in [0.29, 0.717) is 44.7 Å². The minimum Gasteiger partial charge on any atom is -0.336 e. The van der Waals surface area contributed by atoms with Crippen LogP contribution in [0.2, 0.25) is 0 Å². The fourth-order valence-electron chi connectivity index (χ4n) is 4.35. The molecule has 0 atom stereocenters. The molecule has 1 aromatic carbocycles. The van der Waals surface area contributed by atoms with Crippen molar-refractivity contribution < 1.29 is 18.0 Å². The number of piperazine rings is 1. The molecule has 2 heterocycles. The van der Waals surface area contributed by atoms with E-state index in [-0.39, 0.29) is 16.6 Å². The van der Waals surface area contributed by atoms with Gasteiger partial charge in [0.25, 0.3) is 5.91 Å². The maximum atomic E-state index is 12.9. The predicted molar refractivity (Wildman–Crippen MR) is 127 cm³/mol. The summed E-state index contributed by atoms with van der Waals surface area (Å²) in [6.07, 6.45) is 2.39. The van der Waals surface area contributed by atoms with Gasteiger partial charge in [0, 0.05) is 51.3 Å². The Hall–Kier alpha value is -2.14. The number of aryl methyl sites for hydroxylation is 1. The number of fused-ring (bicyclic) bond motifs is 1. The number of rotatable bonds is 7. The Morgan fingerprint density at radius 2 is 1.73 bits per heavy atom. The second-order valence-corrected chi connectivity index (χ2v) is 11.4. The molecule has 1 aliphatic heterocycles. The van der Waals surface area contributed by atoms with Gasteiger partial charge in [-0.1, -0.05) is 13.8 Å². The highest BCUT2D eigenvalue weighted by molar-refractivity contribution is 7.89. The summed E-state index contributed by atoms with van der Waals surface area (Å²) in [5.41, 5.74) is 1.44. The number of carbonyl (C=O) groups is 2. The van der Waals surface area contributed by atoms with Crippen LogP contribution in [0.1, 0.15) is 57.4 Å². The van der Waals surface area contributed by atoms with Crippen molar-refractivity contribution in [1.29, 1.82) is 0 Å². The van der Waals surface area contributed by atoms with Crippen LogP contribution in [0.3, 0.4) is 0 Å². The smallest absolute Gasteiger partial charge is 0.253 e. The molecule has 1 saturated heterocycles. The van der Waals surface area contributed by atoms with Crippen LogP contribution in [0.15, 0.2) is 29.2 Å². The van der Waals surface area contributed by atoms with Crippen LogP contribution in [0.4, 0.5) is 0 Å². The summed E-state index contributed by atoms with van der Waals surface area (Å²) in [5, 5.41) is 0.972. The fourth-order valence-corrected chi connectivity index (χ4v) is 6.93. The molecule has 0 spiro atoms. The highest BCUT2D eigenvalue weighted by Crippen LogP contribution is 2.27. The predicted octanol–water partition coefficient (Wildman–Crippen LogP) is 2.65. The van der Waals surface area contributed by atoms with E-state index in [9.17, 15) is 18.0 Å². The number of aromatic nitrogens is 1. The topological polar surface area (TPSA) is 90.9 Å². The first-order chi connectivity index (χ1) is 15.8. The minimum absolute atomic E-state index is 0.0863. The van der Waals surface area contributed by atoms with Gasteiger partial charge >= 0.3 is 0 Å². The lowest BCUT2D eigenvalue weighted by atomic mass is 10.0. The average molecular weight is 491 g/mol. The van der Waals surface area contributed by atoms with Gasteiger partial charge in [0.2, 0.25) is 10.0 Å². The summed E-state index contributed by atoms with van der Waals surface area (Å²) in [5.74, 6) is 0.128. The molecule has 1 aliphatic carbocycles. The molecule has 4 rings (SSSR count). The molecule has 0 radical (unpaired) electrons. The van der Waals surface area contributed by atoms with Crippen LogP contribution < -0.4 is 0 Å². The number of Topliss-reactive ketones (excluding diaryl/α,β-unsaturated/α-hetero) is 1. The van der Waals surface area contributed by atoms with Crippen molar-refractivity contribution in [2.75, 3.05) is 39.3 Å². The SMILES string of the molecule is CCN(CC)S(=O)(=O)c1ccc(C(=O)N2CCN(Cc3nc4c(s3)C(=O)CCC4)CC2)cc1. The highest BCUT2D eigenvalue weighted by atomic mass is 32.2. The van der Waals surface area contributed by atoms with E-state index in [1.165, 1.54) is 27.8 Å². The van der Waals surface area contributed by atoms with Crippen LogP contribution in [-0.4, -0.2) is 78.5 Å². The number of benzene rings is 1. The molecule has 0 saturated carbocycles. The number of ketones is 1. The number of amides is 1. The number of hydrogen-bond acceptors (Lipinski definition) is 7. The lowest BCUT2D eigenvalue weighted by molar-refractivity contribution is 0.0628. The molecule has 2 aromatic rings. The molecular formula is C23H30N4O4S2. The molecule has 8 nitrogen and oxygen atoms in total. The zero-order chi connectivity index (χ0) is 23.6. The zero-order valence-electron chi connectivity index (χ0n) is 19.1. The van der Waals surface area contributed by atoms with E-state index < -0.39 is 10.0 Å². The monoisotopic (exact) mass is 490 g/mol. The maximum absolute atomic E-state index is 12.9. The van der Waals surface area contributed by atoms with Crippen molar-refractivity contribution in [3.63, 3.8) is 0 Å². The highest BCUT2D eigenvalue weighted by Gasteiger charge is 2.26. The van der Waals surface area contributed by atoms with Crippen molar-refractivity contribution >= 4 is 33.1 Å². The van der Waals surface area contributed by atoms with E-state index in [1.54, 1.807) is 30.9 Å². The third kappa shape index (κ3) is 5.03. The lowest BCUT2D eigenvalue weighted by Gasteiger charge is -2.34. The van der Waals surface area contributed by atoms with Gasteiger partial charge in [-0.3, -0.25) is 14.5 Å². The summed E-state index contributed by atoms with van der Waals surface area (Å²) >= 11 is 1.51. The van der Waals surface area contributed by atoms with Crippen LogP contribution in [0.25, 0.3) is 0 Å². The second-order valence-electron chi connectivity index (χ2n) is 8.34. The number of carbonyl (C=O) groups excluding carboxylic acids is 2. The zero-order valence-corrected chi connectivity index (χ0v) is 20.8. The van der Waals surface area contributed by atoms with Gasteiger partial charge in [-0.25, -0.2) is 13.4 Å².